The first-order valence-corrected chi connectivity index (χ1v) is 9.62. The lowest BCUT2D eigenvalue weighted by Gasteiger charge is -2.11. The summed E-state index contributed by atoms with van der Waals surface area (Å²) in [6.45, 7) is 6.87. The fraction of sp³-hybridized carbons (Fsp3) is 0.364. The molecule has 0 aliphatic carbocycles. The third-order valence-corrected chi connectivity index (χ3v) is 4.00. The van der Waals surface area contributed by atoms with E-state index in [2.05, 4.69) is 29.8 Å². The van der Waals surface area contributed by atoms with E-state index in [1.54, 1.807) is 13.0 Å². The fourth-order valence-corrected chi connectivity index (χ4v) is 2.42. The number of anilines is 3. The summed E-state index contributed by atoms with van der Waals surface area (Å²) in [5.74, 6) is 1.11. The summed E-state index contributed by atoms with van der Waals surface area (Å²) in [4.78, 5) is 23.7. The minimum Gasteiger partial charge on any atom is -0.494 e. The molecule has 0 heterocycles. The molecule has 0 atom stereocenters. The van der Waals surface area contributed by atoms with Crippen LogP contribution >= 0.6 is 0 Å². The molecular formula is C22H29N3O3. The molecule has 0 spiro atoms. The third-order valence-electron chi connectivity index (χ3n) is 4.00. The lowest BCUT2D eigenvalue weighted by Crippen LogP contribution is -2.21. The van der Waals surface area contributed by atoms with Crippen molar-refractivity contribution < 1.29 is 14.3 Å². The van der Waals surface area contributed by atoms with Gasteiger partial charge in [-0.1, -0.05) is 32.9 Å². The van der Waals surface area contributed by atoms with Crippen LogP contribution in [0.15, 0.2) is 48.5 Å². The van der Waals surface area contributed by atoms with Gasteiger partial charge in [-0.3, -0.25) is 9.59 Å². The molecule has 6 heteroatoms. The van der Waals surface area contributed by atoms with E-state index in [1.807, 2.05) is 42.5 Å². The maximum absolute atomic E-state index is 12.2. The smallest absolute Gasteiger partial charge is 0.243 e. The van der Waals surface area contributed by atoms with Gasteiger partial charge in [0, 0.05) is 29.5 Å². The van der Waals surface area contributed by atoms with E-state index in [4.69, 9.17) is 4.74 Å². The summed E-state index contributed by atoms with van der Waals surface area (Å²) in [6, 6.07) is 14.7. The summed E-state index contributed by atoms with van der Waals surface area (Å²) < 4.78 is 5.72. The van der Waals surface area contributed by atoms with Gasteiger partial charge in [-0.05, 0) is 42.7 Å². The van der Waals surface area contributed by atoms with Gasteiger partial charge in [0.2, 0.25) is 11.8 Å². The van der Waals surface area contributed by atoms with Crippen molar-refractivity contribution in [3.8, 4) is 5.75 Å². The number of carbonyl (C=O) groups excluding carboxylic acids is 2. The molecule has 0 radical (unpaired) electrons. The lowest BCUT2D eigenvalue weighted by atomic mass is 10.1. The molecule has 28 heavy (non-hydrogen) atoms. The van der Waals surface area contributed by atoms with Crippen LogP contribution in [0.2, 0.25) is 0 Å². The van der Waals surface area contributed by atoms with E-state index in [0.717, 1.165) is 17.9 Å². The van der Waals surface area contributed by atoms with Crippen LogP contribution in [0.4, 0.5) is 17.1 Å². The highest BCUT2D eigenvalue weighted by Gasteiger charge is 2.05. The number of hydrogen-bond donors (Lipinski definition) is 3. The molecule has 0 aliphatic heterocycles. The topological polar surface area (TPSA) is 79.5 Å². The summed E-state index contributed by atoms with van der Waals surface area (Å²) in [5, 5.41) is 8.72. The second-order valence-corrected chi connectivity index (χ2v) is 6.94. The highest BCUT2D eigenvalue weighted by Crippen LogP contribution is 2.18. The first kappa shape index (κ1) is 21.3. The molecular weight excluding hydrogens is 354 g/mol. The molecule has 0 saturated carbocycles. The molecule has 6 nitrogen and oxygen atoms in total. The number of ether oxygens (including phenoxy) is 1. The van der Waals surface area contributed by atoms with Crippen LogP contribution in [0, 0.1) is 5.92 Å². The van der Waals surface area contributed by atoms with Crippen molar-refractivity contribution >= 4 is 28.9 Å². The second kappa shape index (κ2) is 11.0. The lowest BCUT2D eigenvalue weighted by molar-refractivity contribution is -0.116. The van der Waals surface area contributed by atoms with Crippen molar-refractivity contribution in [2.75, 3.05) is 29.1 Å². The van der Waals surface area contributed by atoms with Crippen molar-refractivity contribution in [2.45, 2.75) is 33.6 Å². The summed E-state index contributed by atoms with van der Waals surface area (Å²) in [7, 11) is 0. The van der Waals surface area contributed by atoms with Gasteiger partial charge < -0.3 is 20.7 Å². The van der Waals surface area contributed by atoms with Crippen molar-refractivity contribution in [2.24, 2.45) is 5.92 Å². The van der Waals surface area contributed by atoms with Gasteiger partial charge in [-0.15, -0.1) is 0 Å². The zero-order valence-electron chi connectivity index (χ0n) is 16.7. The third kappa shape index (κ3) is 7.70. The van der Waals surface area contributed by atoms with Crippen LogP contribution < -0.4 is 20.7 Å². The minimum atomic E-state index is -0.165. The SMILES string of the molecule is CCC(=O)Nc1cccc(NCC(=O)Nc2cccc(OCCC(C)C)c2)c1. The molecule has 3 N–H and O–H groups in total. The zero-order chi connectivity index (χ0) is 20.4. The van der Waals surface area contributed by atoms with E-state index < -0.39 is 0 Å². The molecule has 2 aromatic carbocycles. The number of carbonyl (C=O) groups is 2. The van der Waals surface area contributed by atoms with Gasteiger partial charge in [-0.2, -0.15) is 0 Å². The monoisotopic (exact) mass is 383 g/mol. The van der Waals surface area contributed by atoms with Gasteiger partial charge in [0.05, 0.1) is 13.2 Å². The Bertz CT molecular complexity index is 790. The van der Waals surface area contributed by atoms with E-state index in [9.17, 15) is 9.59 Å². The summed E-state index contributed by atoms with van der Waals surface area (Å²) >= 11 is 0. The van der Waals surface area contributed by atoms with Crippen molar-refractivity contribution in [1.29, 1.82) is 0 Å². The van der Waals surface area contributed by atoms with Gasteiger partial charge in [0.1, 0.15) is 5.75 Å². The average molecular weight is 383 g/mol. The van der Waals surface area contributed by atoms with Crippen LogP contribution in [-0.2, 0) is 9.59 Å². The standard InChI is InChI=1S/C22H29N3O3/c1-4-21(26)24-18-8-5-7-17(13-18)23-15-22(27)25-19-9-6-10-20(14-19)28-12-11-16(2)3/h5-10,13-14,16,23H,4,11-12,15H2,1-3H3,(H,24,26)(H,25,27). The Morgan fingerprint density at radius 3 is 2.29 bits per heavy atom. The summed E-state index contributed by atoms with van der Waals surface area (Å²) in [6.07, 6.45) is 1.40. The van der Waals surface area contributed by atoms with Crippen molar-refractivity contribution in [1.82, 2.24) is 0 Å². The maximum atomic E-state index is 12.2. The van der Waals surface area contributed by atoms with E-state index in [0.29, 0.717) is 30.3 Å². The molecule has 0 aliphatic rings. The van der Waals surface area contributed by atoms with Gasteiger partial charge in [0.25, 0.3) is 0 Å². The van der Waals surface area contributed by atoms with Crippen molar-refractivity contribution in [3.63, 3.8) is 0 Å². The molecule has 2 rings (SSSR count). The predicted molar refractivity (Wildman–Crippen MR) is 114 cm³/mol. The number of nitrogens with one attached hydrogen (secondary N) is 3. The minimum absolute atomic E-state index is 0.0506. The van der Waals surface area contributed by atoms with Gasteiger partial charge >= 0.3 is 0 Å². The van der Waals surface area contributed by atoms with Crippen LogP contribution in [0.3, 0.4) is 0 Å². The van der Waals surface area contributed by atoms with Crippen LogP contribution in [0.5, 0.6) is 5.75 Å². The number of hydrogen-bond acceptors (Lipinski definition) is 4. The second-order valence-electron chi connectivity index (χ2n) is 6.94. The average Bonchev–Trinajstić information content (AvgIpc) is 2.66. The number of amides is 2. The molecule has 0 saturated heterocycles. The Labute approximate surface area is 166 Å². The van der Waals surface area contributed by atoms with Crippen LogP contribution in [-0.4, -0.2) is 25.0 Å². The molecule has 0 unspecified atom stereocenters. The Hall–Kier alpha value is -3.02. The largest absolute Gasteiger partial charge is 0.494 e. The maximum Gasteiger partial charge on any atom is 0.243 e. The quantitative estimate of drug-likeness (QED) is 0.564. The molecule has 2 aromatic rings. The Morgan fingerprint density at radius 1 is 0.929 bits per heavy atom. The highest BCUT2D eigenvalue weighted by molar-refractivity contribution is 5.94. The predicted octanol–water partition coefficient (Wildman–Crippen LogP) is 4.51. The fourth-order valence-electron chi connectivity index (χ4n) is 2.42. The molecule has 0 aromatic heterocycles. The normalized spacial score (nSPS) is 10.4. The van der Waals surface area contributed by atoms with E-state index in [1.165, 1.54) is 0 Å². The molecule has 0 fully saturated rings. The summed E-state index contributed by atoms with van der Waals surface area (Å²) in [5.41, 5.74) is 2.15. The molecule has 2 amide bonds. The highest BCUT2D eigenvalue weighted by atomic mass is 16.5. The number of rotatable bonds is 10. The van der Waals surface area contributed by atoms with Gasteiger partial charge in [0.15, 0.2) is 0 Å². The van der Waals surface area contributed by atoms with Crippen molar-refractivity contribution in [3.05, 3.63) is 48.5 Å². The first-order valence-electron chi connectivity index (χ1n) is 9.62. The Balaban J connectivity index is 1.84. The van der Waals surface area contributed by atoms with Crippen LogP contribution in [0.1, 0.15) is 33.6 Å². The zero-order valence-corrected chi connectivity index (χ0v) is 16.7. The van der Waals surface area contributed by atoms with Crippen LogP contribution in [0.25, 0.3) is 0 Å². The Kier molecular flexibility index (Phi) is 8.34. The van der Waals surface area contributed by atoms with E-state index >= 15 is 0 Å². The molecule has 150 valence electrons. The van der Waals surface area contributed by atoms with E-state index in [-0.39, 0.29) is 18.4 Å². The number of benzene rings is 2. The first-order chi connectivity index (χ1) is 13.5. The van der Waals surface area contributed by atoms with Gasteiger partial charge in [-0.25, -0.2) is 0 Å². The molecule has 0 bridgehead atoms. The Morgan fingerprint density at radius 2 is 1.57 bits per heavy atom.